The Morgan fingerprint density at radius 2 is 1.79 bits per heavy atom. The lowest BCUT2D eigenvalue weighted by molar-refractivity contribution is -0.143. The number of hydrogen-bond donors (Lipinski definition) is 6. The molecule has 87 heavy (non-hydrogen) atoms. The molecule has 21 heteroatoms. The zero-order valence-electron chi connectivity index (χ0n) is 49.5. The van der Waals surface area contributed by atoms with Crippen LogP contribution in [0.5, 0.6) is 11.8 Å². The summed E-state index contributed by atoms with van der Waals surface area (Å²) in [6, 6.07) is 19.5. The van der Waals surface area contributed by atoms with E-state index in [0.29, 0.717) is 66.3 Å². The second-order valence-electron chi connectivity index (χ2n) is 25.4. The summed E-state index contributed by atoms with van der Waals surface area (Å²) in [4.78, 5) is 61.6. The van der Waals surface area contributed by atoms with E-state index in [-0.39, 0.29) is 49.8 Å². The lowest BCUT2D eigenvalue weighted by atomic mass is 9.76. The number of aromatic amines is 2. The number of likely N-dealkylation sites (tertiary alicyclic amines) is 1. The largest absolute Gasteiger partial charge is 0.486 e. The molecular weight excluding hydrogens is 1100 g/mol. The van der Waals surface area contributed by atoms with Crippen LogP contribution in [0, 0.1) is 12.8 Å². The van der Waals surface area contributed by atoms with E-state index in [1.807, 2.05) is 68.0 Å². The van der Waals surface area contributed by atoms with Crippen LogP contribution in [0.4, 0.5) is 5.82 Å². The van der Waals surface area contributed by atoms with Gasteiger partial charge in [0.1, 0.15) is 36.1 Å². The van der Waals surface area contributed by atoms with Crippen LogP contribution in [-0.2, 0) is 39.4 Å². The third-order valence-corrected chi connectivity index (χ3v) is 19.4. The van der Waals surface area contributed by atoms with Crippen molar-refractivity contribution in [3.05, 3.63) is 117 Å². The maximum Gasteiger partial charge on any atom is 0.319 e. The van der Waals surface area contributed by atoms with Gasteiger partial charge in [0.05, 0.1) is 48.9 Å². The molecule has 2 bridgehead atoms. The van der Waals surface area contributed by atoms with Crippen LogP contribution in [0.2, 0.25) is 0 Å². The maximum atomic E-state index is 15.1. The molecule has 450 valence electrons. The summed E-state index contributed by atoms with van der Waals surface area (Å²) in [5.74, 6) is 0.592. The number of aryl methyl sites for hydroxylation is 3. The standard InChI is InChI=1S/C66H73N13O8/c1-5-78-53(16-20-69-78)40-12-14-50-39(24-40)7-6-19-66(50,34-80)73-62(82)54-26-43(81)31-77(54)64(84)59(35(2)3)79-32-49-45-13-9-37(23-52(45)70-63(83)58(49)75-79)33-86-60-56(55-36(4)8-15-51-48(55)29-68-74-51)46(38-10-11-38)27-47-57(60)71-65(87-44-17-21-85-22-18-44)72-61(47)76-30-41-25-42(76)28-67-41/h8-9,12-16,20,23-24,27,29,32,35,38,41-44,54,59,67,80-81H,5-7,10-11,17-19,21-22,25-26,28,30-31,33-34H2,1-4H3,(H,68,74)(H,70,83)(H,73,82). The number of nitrogens with one attached hydrogen (secondary N) is 4. The number of rotatable bonds is 16. The fourth-order valence-corrected chi connectivity index (χ4v) is 14.9. The van der Waals surface area contributed by atoms with Gasteiger partial charge in [-0.1, -0.05) is 44.2 Å². The molecule has 6 atom stereocenters. The van der Waals surface area contributed by atoms with E-state index < -0.39 is 41.1 Å². The Balaban J connectivity index is 0.756. The summed E-state index contributed by atoms with van der Waals surface area (Å²) in [7, 11) is 0. The van der Waals surface area contributed by atoms with E-state index in [1.165, 1.54) is 10.5 Å². The quantitative estimate of drug-likeness (QED) is 0.0544. The number of β-amino-alcohol motifs (C(OH)–C–C–N with tert-alkyl or cyclic N) is 1. The molecule has 2 aliphatic carbocycles. The van der Waals surface area contributed by atoms with Crippen molar-refractivity contribution in [2.45, 2.75) is 146 Å². The predicted octanol–water partition coefficient (Wildman–Crippen LogP) is 7.62. The summed E-state index contributed by atoms with van der Waals surface area (Å²) in [5.41, 5.74) is 9.71. The Hall–Kier alpha value is -8.24. The van der Waals surface area contributed by atoms with Crippen LogP contribution in [0.15, 0.2) is 84.0 Å². The normalized spacial score (nSPS) is 22.6. The number of carbonyl (C=O) groups excluding carboxylic acids is 2. The van der Waals surface area contributed by atoms with Crippen LogP contribution >= 0.6 is 0 Å². The third kappa shape index (κ3) is 9.68. The topological polar surface area (TPSA) is 256 Å². The van der Waals surface area contributed by atoms with Gasteiger partial charge in [0.15, 0.2) is 11.3 Å². The zero-order valence-corrected chi connectivity index (χ0v) is 49.5. The molecule has 4 aliphatic heterocycles. The summed E-state index contributed by atoms with van der Waals surface area (Å²) < 4.78 is 23.2. The molecule has 4 aromatic carbocycles. The van der Waals surface area contributed by atoms with E-state index in [1.54, 1.807) is 17.1 Å². The number of benzene rings is 4. The molecule has 21 nitrogen and oxygen atoms in total. The van der Waals surface area contributed by atoms with Crippen molar-refractivity contribution in [3.63, 3.8) is 0 Å². The fourth-order valence-electron chi connectivity index (χ4n) is 14.9. The second-order valence-corrected chi connectivity index (χ2v) is 25.4. The minimum absolute atomic E-state index is 0.0237. The number of amides is 2. The van der Waals surface area contributed by atoms with Gasteiger partial charge in [-0.25, -0.2) is 0 Å². The van der Waals surface area contributed by atoms with Crippen molar-refractivity contribution in [2.24, 2.45) is 5.92 Å². The lowest BCUT2D eigenvalue weighted by Crippen LogP contribution is -2.56. The SMILES string of the molecule is CCn1nccc1-c1ccc2c(c1)CCCC2(CO)NC(=O)C1CC(O)CN1C(=O)C(C(C)C)n1cc2c(n1)c(=O)[nH]c1cc(COc3c(-c4c(C)ccc5[nH]ncc45)c(C4CC4)cc4c(N5CC6CC5CN6)nc(OC5CCOCC5)nc34)ccc12. The predicted molar refractivity (Wildman–Crippen MR) is 329 cm³/mol. The molecule has 5 aromatic heterocycles. The number of anilines is 1. The minimum Gasteiger partial charge on any atom is -0.486 e. The number of piperazine rings is 1. The Morgan fingerprint density at radius 3 is 2.57 bits per heavy atom. The van der Waals surface area contributed by atoms with Gasteiger partial charge in [0.2, 0.25) is 11.8 Å². The summed E-state index contributed by atoms with van der Waals surface area (Å²) in [6.45, 7) is 11.3. The maximum absolute atomic E-state index is 15.1. The molecule has 4 saturated heterocycles. The summed E-state index contributed by atoms with van der Waals surface area (Å²) in [5, 5.41) is 49.4. The van der Waals surface area contributed by atoms with Gasteiger partial charge in [0.25, 0.3) is 5.56 Å². The Kier molecular flexibility index (Phi) is 13.9. The number of aromatic nitrogens is 9. The highest BCUT2D eigenvalue weighted by Gasteiger charge is 2.47. The van der Waals surface area contributed by atoms with Crippen molar-refractivity contribution < 1.29 is 34.0 Å². The number of nitrogens with zero attached hydrogens (tertiary/aromatic N) is 9. The van der Waals surface area contributed by atoms with Crippen LogP contribution in [0.1, 0.15) is 112 Å². The molecule has 15 rings (SSSR count). The van der Waals surface area contributed by atoms with E-state index in [0.717, 1.165) is 130 Å². The Bertz CT molecular complexity index is 4250. The molecule has 0 spiro atoms. The van der Waals surface area contributed by atoms with Crippen molar-refractivity contribution >= 4 is 61.2 Å². The average molecular weight is 1180 g/mol. The molecule has 6 N–H and O–H groups in total. The van der Waals surface area contributed by atoms with Gasteiger partial charge in [-0.3, -0.25) is 28.8 Å². The van der Waals surface area contributed by atoms with Crippen molar-refractivity contribution in [1.29, 1.82) is 0 Å². The fraction of sp³-hybridized carbons (Fsp3) is 0.455. The highest BCUT2D eigenvalue weighted by atomic mass is 16.5. The number of carbonyl (C=O) groups is 2. The number of hydrogen-bond acceptors (Lipinski definition) is 15. The van der Waals surface area contributed by atoms with Gasteiger partial charge in [-0.2, -0.15) is 25.3 Å². The van der Waals surface area contributed by atoms with E-state index in [2.05, 4.69) is 67.0 Å². The molecule has 0 radical (unpaired) electrons. The molecular formula is C66H73N13O8. The van der Waals surface area contributed by atoms with E-state index in [4.69, 9.17) is 29.3 Å². The van der Waals surface area contributed by atoms with Crippen LogP contribution < -0.4 is 30.6 Å². The highest BCUT2D eigenvalue weighted by molar-refractivity contribution is 6.07. The molecule has 9 aromatic rings. The van der Waals surface area contributed by atoms with Gasteiger partial charge in [-0.15, -0.1) is 0 Å². The zero-order chi connectivity index (χ0) is 59.4. The third-order valence-electron chi connectivity index (χ3n) is 19.4. The molecule has 5 fully saturated rings. The molecule has 1 saturated carbocycles. The number of pyridine rings is 1. The molecule has 9 heterocycles. The van der Waals surface area contributed by atoms with Crippen LogP contribution in [-0.4, -0.2) is 141 Å². The first kappa shape index (κ1) is 55.3. The smallest absolute Gasteiger partial charge is 0.319 e. The minimum atomic E-state index is -1.09. The average Bonchev–Trinajstić information content (AvgIpc) is 1.94. The molecule has 6 unspecified atom stereocenters. The van der Waals surface area contributed by atoms with Crippen LogP contribution in [0.25, 0.3) is 66.0 Å². The Morgan fingerprint density at radius 1 is 0.931 bits per heavy atom. The first-order valence-electron chi connectivity index (χ1n) is 31.1. The Labute approximate surface area is 501 Å². The highest BCUT2D eigenvalue weighted by Crippen LogP contribution is 2.53. The lowest BCUT2D eigenvalue weighted by Gasteiger charge is -2.40. The van der Waals surface area contributed by atoms with Gasteiger partial charge < -0.3 is 49.8 Å². The second kappa shape index (κ2) is 21.9. The summed E-state index contributed by atoms with van der Waals surface area (Å²) in [6.07, 6.45) is 11.0. The van der Waals surface area contributed by atoms with E-state index in [9.17, 15) is 19.8 Å². The first-order valence-corrected chi connectivity index (χ1v) is 31.1. The monoisotopic (exact) mass is 1180 g/mol. The number of H-pyrrole nitrogens is 2. The van der Waals surface area contributed by atoms with Crippen LogP contribution in [0.3, 0.4) is 0 Å². The van der Waals surface area contributed by atoms with Crippen molar-refractivity contribution in [3.8, 4) is 34.1 Å². The van der Waals surface area contributed by atoms with Crippen molar-refractivity contribution in [1.82, 2.24) is 60.2 Å². The molecule has 6 aliphatic rings. The van der Waals surface area contributed by atoms with Gasteiger partial charge in [-0.05, 0) is 128 Å². The number of aliphatic hydroxyl groups excluding tert-OH is 2. The number of ether oxygens (including phenoxy) is 3. The summed E-state index contributed by atoms with van der Waals surface area (Å²) >= 11 is 0. The van der Waals surface area contributed by atoms with Crippen molar-refractivity contribution in [2.75, 3.05) is 44.4 Å². The van der Waals surface area contributed by atoms with E-state index >= 15 is 4.79 Å². The first-order chi connectivity index (χ1) is 42.3. The number of fused-ring (bicyclic) bond motifs is 8. The van der Waals surface area contributed by atoms with Gasteiger partial charge in [0, 0.05) is 108 Å². The number of aliphatic hydroxyl groups is 2. The molecule has 2 amide bonds. The van der Waals surface area contributed by atoms with Gasteiger partial charge >= 0.3 is 6.01 Å².